The Balaban J connectivity index is 4.51. The van der Waals surface area contributed by atoms with Crippen molar-refractivity contribution in [2.75, 3.05) is 13.3 Å². The molecular weight excluding hydrogens is 170 g/mol. The van der Waals surface area contributed by atoms with E-state index in [0.29, 0.717) is 0 Å². The van der Waals surface area contributed by atoms with Gasteiger partial charge in [0.05, 0.1) is 6.26 Å². The molecule has 1 N–H and O–H groups in total. The summed E-state index contributed by atoms with van der Waals surface area (Å²) in [5, 5.41) is 8.41. The highest BCUT2D eigenvalue weighted by Gasteiger charge is 2.23. The summed E-state index contributed by atoms with van der Waals surface area (Å²) < 4.78 is 22.3. The zero-order valence-electron chi connectivity index (χ0n) is 6.60. The molecule has 0 unspecified atom stereocenters. The van der Waals surface area contributed by atoms with Crippen LogP contribution >= 0.6 is 0 Å². The number of hydrogen-bond acceptors (Lipinski definition) is 3. The molecule has 0 amide bonds. The van der Waals surface area contributed by atoms with E-state index in [0.717, 1.165) is 10.6 Å². The van der Waals surface area contributed by atoms with Gasteiger partial charge in [-0.25, -0.2) is 8.42 Å². The van der Waals surface area contributed by atoms with Crippen molar-refractivity contribution < 1.29 is 18.3 Å². The van der Waals surface area contributed by atoms with Crippen LogP contribution in [0.5, 0.6) is 0 Å². The Labute approximate surface area is 65.7 Å². The molecule has 5 nitrogen and oxygen atoms in total. The number of rotatable bonds is 3. The molecule has 0 aliphatic heterocycles. The number of likely N-dealkylation sites (N-methyl/N-ethyl adjacent to an activating group) is 1. The first-order chi connectivity index (χ1) is 4.76. The van der Waals surface area contributed by atoms with E-state index < -0.39 is 22.0 Å². The van der Waals surface area contributed by atoms with Crippen LogP contribution < -0.4 is 0 Å². The molecule has 0 fully saturated rings. The average Bonchev–Trinajstić information content (AvgIpc) is 1.82. The highest BCUT2D eigenvalue weighted by Crippen LogP contribution is 2.00. The summed E-state index contributed by atoms with van der Waals surface area (Å²) in [6.07, 6.45) is 0.965. The largest absolute Gasteiger partial charge is 0.480 e. The number of carboxylic acid groups (broad SMARTS) is 1. The molecule has 0 spiro atoms. The smallest absolute Gasteiger partial charge is 0.321 e. The number of hydrogen-bond donors (Lipinski definition) is 1. The number of sulfonamides is 1. The minimum absolute atomic E-state index is 0.801. The summed E-state index contributed by atoms with van der Waals surface area (Å²) in [6.45, 7) is 1.31. The van der Waals surface area contributed by atoms with Gasteiger partial charge in [0.25, 0.3) is 0 Å². The zero-order valence-corrected chi connectivity index (χ0v) is 7.42. The van der Waals surface area contributed by atoms with E-state index in [4.69, 9.17) is 5.11 Å². The first kappa shape index (κ1) is 10.4. The Morgan fingerprint density at radius 2 is 1.91 bits per heavy atom. The molecular formula is C5H11NO4S. The van der Waals surface area contributed by atoms with Crippen molar-refractivity contribution in [2.24, 2.45) is 0 Å². The Hall–Kier alpha value is -0.620. The van der Waals surface area contributed by atoms with Crippen LogP contribution in [0.4, 0.5) is 0 Å². The van der Waals surface area contributed by atoms with Gasteiger partial charge < -0.3 is 5.11 Å². The molecule has 0 heterocycles. The Morgan fingerprint density at radius 3 is 2.00 bits per heavy atom. The van der Waals surface area contributed by atoms with Crippen LogP contribution in [0.2, 0.25) is 0 Å². The predicted octanol–water partition coefficient (Wildman–Crippen LogP) is -0.649. The average molecular weight is 181 g/mol. The monoisotopic (exact) mass is 181 g/mol. The van der Waals surface area contributed by atoms with E-state index in [1.807, 2.05) is 0 Å². The minimum atomic E-state index is -3.39. The van der Waals surface area contributed by atoms with E-state index in [1.165, 1.54) is 14.0 Å². The lowest BCUT2D eigenvalue weighted by atomic mass is 10.4. The lowest BCUT2D eigenvalue weighted by Gasteiger charge is -2.17. The normalized spacial score (nSPS) is 14.9. The molecule has 0 aromatic rings. The zero-order chi connectivity index (χ0) is 9.23. The first-order valence-corrected chi connectivity index (χ1v) is 4.77. The fraction of sp³-hybridized carbons (Fsp3) is 0.800. The quantitative estimate of drug-likeness (QED) is 0.628. The highest BCUT2D eigenvalue weighted by molar-refractivity contribution is 7.88. The van der Waals surface area contributed by atoms with Crippen molar-refractivity contribution in [3.8, 4) is 0 Å². The number of aliphatic carboxylic acids is 1. The molecule has 1 atom stereocenters. The molecule has 0 saturated carbocycles. The van der Waals surface area contributed by atoms with Crippen LogP contribution in [0.25, 0.3) is 0 Å². The third kappa shape index (κ3) is 2.85. The van der Waals surface area contributed by atoms with Gasteiger partial charge in [-0.3, -0.25) is 4.79 Å². The maximum Gasteiger partial charge on any atom is 0.321 e. The summed E-state index contributed by atoms with van der Waals surface area (Å²) in [6, 6.07) is -1.01. The van der Waals surface area contributed by atoms with Crippen molar-refractivity contribution >= 4 is 16.0 Å². The SMILES string of the molecule is C[C@@H](C(=O)O)N(C)S(C)(=O)=O. The Kier molecular flexibility index (Phi) is 3.01. The molecule has 0 saturated heterocycles. The summed E-state index contributed by atoms with van der Waals surface area (Å²) in [4.78, 5) is 10.3. The van der Waals surface area contributed by atoms with Crippen LogP contribution in [-0.4, -0.2) is 43.1 Å². The van der Waals surface area contributed by atoms with E-state index in [1.54, 1.807) is 0 Å². The standard InChI is InChI=1S/C5H11NO4S/c1-4(5(7)8)6(2)11(3,9)10/h4H,1-3H3,(H,7,8)/t4-/m0/s1. The summed E-state index contributed by atoms with van der Waals surface area (Å²) in [5.41, 5.74) is 0. The van der Waals surface area contributed by atoms with Gasteiger partial charge in [-0.05, 0) is 6.92 Å². The van der Waals surface area contributed by atoms with Crippen LogP contribution in [0.15, 0.2) is 0 Å². The minimum Gasteiger partial charge on any atom is -0.480 e. The maximum atomic E-state index is 10.7. The molecule has 0 aliphatic rings. The van der Waals surface area contributed by atoms with Crippen molar-refractivity contribution in [3.05, 3.63) is 0 Å². The fourth-order valence-corrected chi connectivity index (χ4v) is 1.11. The lowest BCUT2D eigenvalue weighted by Crippen LogP contribution is -2.39. The second-order valence-corrected chi connectivity index (χ2v) is 4.34. The first-order valence-electron chi connectivity index (χ1n) is 2.92. The fourth-order valence-electron chi connectivity index (χ4n) is 0.443. The van der Waals surface area contributed by atoms with E-state index in [2.05, 4.69) is 0 Å². The number of carboxylic acids is 1. The summed E-state index contributed by atoms with van der Waals surface area (Å²) in [7, 11) is -2.16. The van der Waals surface area contributed by atoms with Crippen molar-refractivity contribution in [2.45, 2.75) is 13.0 Å². The van der Waals surface area contributed by atoms with Crippen molar-refractivity contribution in [1.82, 2.24) is 4.31 Å². The second-order valence-electron chi connectivity index (χ2n) is 2.29. The lowest BCUT2D eigenvalue weighted by molar-refractivity contribution is -0.140. The Bertz CT molecular complexity index is 245. The van der Waals surface area contributed by atoms with Gasteiger partial charge in [0.1, 0.15) is 6.04 Å². The van der Waals surface area contributed by atoms with Gasteiger partial charge in [-0.15, -0.1) is 0 Å². The molecule has 0 aromatic heterocycles. The molecule has 11 heavy (non-hydrogen) atoms. The molecule has 0 aromatic carbocycles. The Morgan fingerprint density at radius 1 is 1.55 bits per heavy atom. The maximum absolute atomic E-state index is 10.7. The second kappa shape index (κ2) is 3.19. The van der Waals surface area contributed by atoms with Crippen LogP contribution in [-0.2, 0) is 14.8 Å². The number of nitrogens with zero attached hydrogens (tertiary/aromatic N) is 1. The van der Waals surface area contributed by atoms with Gasteiger partial charge in [0.15, 0.2) is 0 Å². The van der Waals surface area contributed by atoms with E-state index in [9.17, 15) is 13.2 Å². The van der Waals surface area contributed by atoms with Crippen LogP contribution in [0, 0.1) is 0 Å². The number of carbonyl (C=O) groups is 1. The molecule has 0 aliphatic carbocycles. The molecule has 6 heteroatoms. The van der Waals surface area contributed by atoms with Crippen molar-refractivity contribution in [3.63, 3.8) is 0 Å². The van der Waals surface area contributed by atoms with Crippen LogP contribution in [0.3, 0.4) is 0 Å². The molecule has 0 radical (unpaired) electrons. The molecule has 0 rings (SSSR count). The van der Waals surface area contributed by atoms with E-state index >= 15 is 0 Å². The van der Waals surface area contributed by atoms with Gasteiger partial charge in [-0.2, -0.15) is 4.31 Å². The third-order valence-corrected chi connectivity index (χ3v) is 2.79. The molecule has 66 valence electrons. The predicted molar refractivity (Wildman–Crippen MR) is 39.7 cm³/mol. The van der Waals surface area contributed by atoms with Gasteiger partial charge in [0, 0.05) is 7.05 Å². The van der Waals surface area contributed by atoms with Crippen molar-refractivity contribution in [1.29, 1.82) is 0 Å². The van der Waals surface area contributed by atoms with Gasteiger partial charge in [0.2, 0.25) is 10.0 Å². The molecule has 0 bridgehead atoms. The van der Waals surface area contributed by atoms with E-state index in [-0.39, 0.29) is 0 Å². The summed E-state index contributed by atoms with van der Waals surface area (Å²) >= 11 is 0. The topological polar surface area (TPSA) is 74.7 Å². The highest BCUT2D eigenvalue weighted by atomic mass is 32.2. The summed E-state index contributed by atoms with van der Waals surface area (Å²) in [5.74, 6) is -1.15. The van der Waals surface area contributed by atoms with Crippen LogP contribution in [0.1, 0.15) is 6.92 Å². The third-order valence-electron chi connectivity index (χ3n) is 1.43. The van der Waals surface area contributed by atoms with Gasteiger partial charge in [-0.1, -0.05) is 0 Å². The van der Waals surface area contributed by atoms with Gasteiger partial charge >= 0.3 is 5.97 Å².